The largest absolute Gasteiger partial charge is 0.486 e. The molecule has 1 amide bonds. The molecule has 5 heteroatoms. The molecule has 4 nitrogen and oxygen atoms in total. The van der Waals surface area contributed by atoms with Gasteiger partial charge in [-0.25, -0.2) is 0 Å². The molecular formula is C11H14ClNO3. The summed E-state index contributed by atoms with van der Waals surface area (Å²) in [5.74, 6) is 1.44. The predicted octanol–water partition coefficient (Wildman–Crippen LogP) is 1.38. The van der Waals surface area contributed by atoms with Gasteiger partial charge in [0.1, 0.15) is 12.7 Å². The van der Waals surface area contributed by atoms with Crippen LogP contribution in [0.3, 0.4) is 0 Å². The van der Waals surface area contributed by atoms with Crippen LogP contribution in [0, 0.1) is 0 Å². The number of carbonyl (C=O) groups is 1. The van der Waals surface area contributed by atoms with Crippen LogP contribution in [-0.4, -0.2) is 25.2 Å². The van der Waals surface area contributed by atoms with E-state index in [1.54, 1.807) is 0 Å². The molecule has 0 aromatic heterocycles. The van der Waals surface area contributed by atoms with Crippen LogP contribution in [0.4, 0.5) is 0 Å². The first-order valence-corrected chi connectivity index (χ1v) is 4.88. The van der Waals surface area contributed by atoms with Gasteiger partial charge in [0.15, 0.2) is 11.5 Å². The van der Waals surface area contributed by atoms with Gasteiger partial charge in [-0.1, -0.05) is 12.1 Å². The molecule has 1 aromatic rings. The molecule has 0 radical (unpaired) electrons. The first-order chi connectivity index (χ1) is 7.25. The zero-order valence-electron chi connectivity index (χ0n) is 8.93. The third-order valence-corrected chi connectivity index (χ3v) is 2.15. The lowest BCUT2D eigenvalue weighted by atomic mass is 10.2. The second-order valence-electron chi connectivity index (χ2n) is 3.43. The Morgan fingerprint density at radius 3 is 2.81 bits per heavy atom. The van der Waals surface area contributed by atoms with Crippen LogP contribution >= 0.6 is 12.4 Å². The van der Waals surface area contributed by atoms with E-state index in [-0.39, 0.29) is 24.4 Å². The number of nitrogens with one attached hydrogen (secondary N) is 1. The lowest BCUT2D eigenvalue weighted by Crippen LogP contribution is -2.39. The Balaban J connectivity index is 0.00000128. The van der Waals surface area contributed by atoms with Gasteiger partial charge in [-0.05, 0) is 12.1 Å². The van der Waals surface area contributed by atoms with Gasteiger partial charge in [-0.3, -0.25) is 4.79 Å². The van der Waals surface area contributed by atoms with Gasteiger partial charge in [0, 0.05) is 6.92 Å². The highest BCUT2D eigenvalue weighted by Crippen LogP contribution is 2.30. The van der Waals surface area contributed by atoms with Gasteiger partial charge in [0.05, 0.1) is 6.54 Å². The Hall–Kier alpha value is -1.42. The number of benzene rings is 1. The maximum atomic E-state index is 10.7. The smallest absolute Gasteiger partial charge is 0.217 e. The van der Waals surface area contributed by atoms with E-state index in [0.29, 0.717) is 13.2 Å². The zero-order valence-corrected chi connectivity index (χ0v) is 9.75. The monoisotopic (exact) mass is 243 g/mol. The van der Waals surface area contributed by atoms with E-state index in [1.807, 2.05) is 24.3 Å². The quantitative estimate of drug-likeness (QED) is 0.854. The third kappa shape index (κ3) is 3.03. The maximum absolute atomic E-state index is 10.7. The molecule has 16 heavy (non-hydrogen) atoms. The summed E-state index contributed by atoms with van der Waals surface area (Å²) >= 11 is 0. The minimum Gasteiger partial charge on any atom is -0.486 e. The van der Waals surface area contributed by atoms with Crippen LogP contribution in [0.2, 0.25) is 0 Å². The van der Waals surface area contributed by atoms with E-state index in [4.69, 9.17) is 9.47 Å². The van der Waals surface area contributed by atoms with Crippen molar-refractivity contribution in [2.24, 2.45) is 0 Å². The van der Waals surface area contributed by atoms with E-state index in [9.17, 15) is 4.79 Å². The van der Waals surface area contributed by atoms with Crippen molar-refractivity contribution in [1.82, 2.24) is 5.32 Å². The van der Waals surface area contributed by atoms with Gasteiger partial charge in [0.25, 0.3) is 0 Å². The number of carbonyl (C=O) groups excluding carboxylic acids is 1. The van der Waals surface area contributed by atoms with Crippen LogP contribution in [-0.2, 0) is 4.79 Å². The standard InChI is InChI=1S/C11H13NO3.ClH/c1-8(13)12-6-9-7-14-10-4-2-3-5-11(10)15-9;/h2-5,9H,6-7H2,1H3,(H,12,13);1H. The first-order valence-electron chi connectivity index (χ1n) is 4.88. The van der Waals surface area contributed by atoms with Gasteiger partial charge < -0.3 is 14.8 Å². The van der Waals surface area contributed by atoms with Crippen molar-refractivity contribution in [3.05, 3.63) is 24.3 Å². The van der Waals surface area contributed by atoms with Gasteiger partial charge >= 0.3 is 0 Å². The zero-order chi connectivity index (χ0) is 10.7. The van der Waals surface area contributed by atoms with Gasteiger partial charge in [0.2, 0.25) is 5.91 Å². The molecule has 0 aliphatic carbocycles. The molecule has 1 aromatic carbocycles. The number of amides is 1. The third-order valence-electron chi connectivity index (χ3n) is 2.15. The highest BCUT2D eigenvalue weighted by Gasteiger charge is 2.20. The molecule has 1 N–H and O–H groups in total. The van der Waals surface area contributed by atoms with Crippen molar-refractivity contribution >= 4 is 18.3 Å². The fraction of sp³-hybridized carbons (Fsp3) is 0.364. The highest BCUT2D eigenvalue weighted by atomic mass is 35.5. The number of hydrogen-bond donors (Lipinski definition) is 1. The van der Waals surface area contributed by atoms with Crippen LogP contribution in [0.1, 0.15) is 6.92 Å². The van der Waals surface area contributed by atoms with E-state index in [2.05, 4.69) is 5.32 Å². The normalized spacial score (nSPS) is 17.2. The molecule has 0 spiro atoms. The SMILES string of the molecule is CC(=O)NCC1COc2ccccc2O1.Cl. The summed E-state index contributed by atoms with van der Waals surface area (Å²) < 4.78 is 11.1. The molecule has 0 saturated carbocycles. The number of rotatable bonds is 2. The molecule has 1 aliphatic heterocycles. The van der Waals surface area contributed by atoms with Crippen LogP contribution in [0.25, 0.3) is 0 Å². The molecule has 2 rings (SSSR count). The average molecular weight is 244 g/mol. The lowest BCUT2D eigenvalue weighted by Gasteiger charge is -2.26. The lowest BCUT2D eigenvalue weighted by molar-refractivity contribution is -0.119. The fourth-order valence-corrected chi connectivity index (χ4v) is 1.42. The summed E-state index contributed by atoms with van der Waals surface area (Å²) in [6.45, 7) is 2.43. The summed E-state index contributed by atoms with van der Waals surface area (Å²) in [7, 11) is 0. The topological polar surface area (TPSA) is 47.6 Å². The molecule has 88 valence electrons. The second-order valence-corrected chi connectivity index (χ2v) is 3.43. The van der Waals surface area contributed by atoms with Gasteiger partial charge in [-0.15, -0.1) is 12.4 Å². The molecule has 1 aliphatic rings. The Labute approximate surface area is 100 Å². The second kappa shape index (κ2) is 5.61. The maximum Gasteiger partial charge on any atom is 0.217 e. The molecule has 1 heterocycles. The minimum absolute atomic E-state index is 0. The Morgan fingerprint density at radius 1 is 1.44 bits per heavy atom. The summed E-state index contributed by atoms with van der Waals surface area (Å²) in [5, 5.41) is 2.70. The van der Waals surface area contributed by atoms with E-state index < -0.39 is 0 Å². The summed E-state index contributed by atoms with van der Waals surface area (Å²) in [6, 6.07) is 7.51. The van der Waals surface area contributed by atoms with Crippen molar-refractivity contribution in [2.45, 2.75) is 13.0 Å². The average Bonchev–Trinajstić information content (AvgIpc) is 2.26. The van der Waals surface area contributed by atoms with Crippen LogP contribution < -0.4 is 14.8 Å². The number of fused-ring (bicyclic) bond motifs is 1. The van der Waals surface area contributed by atoms with Crippen molar-refractivity contribution in [3.8, 4) is 11.5 Å². The molecule has 1 unspecified atom stereocenters. The first kappa shape index (κ1) is 12.6. The predicted molar refractivity (Wildman–Crippen MR) is 62.3 cm³/mol. The van der Waals surface area contributed by atoms with Crippen molar-refractivity contribution in [3.63, 3.8) is 0 Å². The summed E-state index contributed by atoms with van der Waals surface area (Å²) in [6.07, 6.45) is -0.108. The summed E-state index contributed by atoms with van der Waals surface area (Å²) in [5.41, 5.74) is 0. The number of para-hydroxylation sites is 2. The fourth-order valence-electron chi connectivity index (χ4n) is 1.42. The van der Waals surface area contributed by atoms with E-state index in [1.165, 1.54) is 6.92 Å². The Bertz CT molecular complexity index is 370. The highest BCUT2D eigenvalue weighted by molar-refractivity contribution is 5.85. The molecule has 1 atom stereocenters. The molecular weight excluding hydrogens is 230 g/mol. The number of halogens is 1. The minimum atomic E-state index is -0.108. The summed E-state index contributed by atoms with van der Waals surface area (Å²) in [4.78, 5) is 10.7. The number of ether oxygens (including phenoxy) is 2. The van der Waals surface area contributed by atoms with Crippen molar-refractivity contribution in [1.29, 1.82) is 0 Å². The van der Waals surface area contributed by atoms with Crippen LogP contribution in [0.15, 0.2) is 24.3 Å². The van der Waals surface area contributed by atoms with Crippen molar-refractivity contribution < 1.29 is 14.3 Å². The van der Waals surface area contributed by atoms with E-state index in [0.717, 1.165) is 11.5 Å². The van der Waals surface area contributed by atoms with Crippen LogP contribution in [0.5, 0.6) is 11.5 Å². The Kier molecular flexibility index (Phi) is 4.43. The van der Waals surface area contributed by atoms with Crippen molar-refractivity contribution in [2.75, 3.05) is 13.2 Å². The Morgan fingerprint density at radius 2 is 2.12 bits per heavy atom. The number of hydrogen-bond acceptors (Lipinski definition) is 3. The van der Waals surface area contributed by atoms with E-state index >= 15 is 0 Å². The van der Waals surface area contributed by atoms with Gasteiger partial charge in [-0.2, -0.15) is 0 Å². The molecule has 0 fully saturated rings. The molecule has 0 bridgehead atoms. The molecule has 0 saturated heterocycles.